The van der Waals surface area contributed by atoms with Crippen LogP contribution in [0.4, 0.5) is 4.79 Å². The van der Waals surface area contributed by atoms with E-state index in [1.807, 2.05) is 0 Å². The Balaban J connectivity index is 1.45. The molecule has 0 radical (unpaired) electrons. The fourth-order valence-corrected chi connectivity index (χ4v) is 3.33. The van der Waals surface area contributed by atoms with Gasteiger partial charge >= 0.3 is 30.0 Å². The summed E-state index contributed by atoms with van der Waals surface area (Å²) < 4.78 is 30.6. The highest BCUT2D eigenvalue weighted by Crippen LogP contribution is 2.25. The van der Waals surface area contributed by atoms with Crippen molar-refractivity contribution in [1.82, 2.24) is 0 Å². The van der Waals surface area contributed by atoms with Crippen molar-refractivity contribution < 1.29 is 52.4 Å². The van der Waals surface area contributed by atoms with Gasteiger partial charge in [0.25, 0.3) is 0 Å². The third kappa shape index (κ3) is 9.94. The van der Waals surface area contributed by atoms with Gasteiger partial charge in [-0.05, 0) is 92.1 Å². The van der Waals surface area contributed by atoms with Crippen LogP contribution < -0.4 is 18.9 Å². The molecule has 42 heavy (non-hydrogen) atoms. The van der Waals surface area contributed by atoms with Gasteiger partial charge in [-0.1, -0.05) is 6.58 Å². The molecule has 0 bridgehead atoms. The van der Waals surface area contributed by atoms with E-state index in [0.717, 1.165) is 6.08 Å². The molecule has 11 nitrogen and oxygen atoms in total. The second-order valence-electron chi connectivity index (χ2n) is 8.63. The lowest BCUT2D eigenvalue weighted by Gasteiger charge is -2.10. The molecule has 0 aliphatic carbocycles. The monoisotopic (exact) mass is 576 g/mol. The number of carbonyl (C=O) groups is 5. The second kappa shape index (κ2) is 15.4. The lowest BCUT2D eigenvalue weighted by atomic mass is 10.2. The highest BCUT2D eigenvalue weighted by molar-refractivity contribution is 5.93. The molecule has 0 heterocycles. The molecule has 0 aliphatic heterocycles. The third-order valence-electron chi connectivity index (χ3n) is 5.37. The zero-order valence-electron chi connectivity index (χ0n) is 23.0. The first-order valence-corrected chi connectivity index (χ1v) is 12.7. The highest BCUT2D eigenvalue weighted by atomic mass is 16.7. The van der Waals surface area contributed by atoms with Crippen molar-refractivity contribution in [2.24, 2.45) is 0 Å². The third-order valence-corrected chi connectivity index (χ3v) is 5.37. The maximum absolute atomic E-state index is 12.5. The van der Waals surface area contributed by atoms with Gasteiger partial charge in [-0.25, -0.2) is 19.2 Å². The van der Waals surface area contributed by atoms with Crippen LogP contribution in [0, 0.1) is 6.92 Å². The SMILES string of the molecule is C=CC(=O)OCCCCOC(=O)Oc1ccc(C(=O)Oc2ccc(C(=O)Oc3ccc(OC(C)=O)cc3C)cc2)cc1. The topological polar surface area (TPSA) is 141 Å². The lowest BCUT2D eigenvalue weighted by molar-refractivity contribution is -0.138. The van der Waals surface area contributed by atoms with Crippen molar-refractivity contribution in [1.29, 1.82) is 0 Å². The first-order chi connectivity index (χ1) is 20.1. The summed E-state index contributed by atoms with van der Waals surface area (Å²) in [5.74, 6) is -1.27. The van der Waals surface area contributed by atoms with Gasteiger partial charge < -0.3 is 28.4 Å². The van der Waals surface area contributed by atoms with Crippen molar-refractivity contribution in [2.75, 3.05) is 13.2 Å². The number of rotatable bonds is 12. The number of esters is 4. The minimum Gasteiger partial charge on any atom is -0.463 e. The summed E-state index contributed by atoms with van der Waals surface area (Å²) in [6, 6.07) is 16.1. The van der Waals surface area contributed by atoms with Crippen LogP contribution in [-0.2, 0) is 19.1 Å². The zero-order valence-corrected chi connectivity index (χ0v) is 23.0. The van der Waals surface area contributed by atoms with E-state index in [-0.39, 0.29) is 35.8 Å². The molecule has 0 unspecified atom stereocenters. The Hall–Kier alpha value is -5.45. The van der Waals surface area contributed by atoms with Gasteiger partial charge in [-0.15, -0.1) is 0 Å². The van der Waals surface area contributed by atoms with Gasteiger partial charge in [0.1, 0.15) is 23.0 Å². The van der Waals surface area contributed by atoms with Gasteiger partial charge in [0.2, 0.25) is 0 Å². The average Bonchev–Trinajstić information content (AvgIpc) is 2.96. The van der Waals surface area contributed by atoms with Gasteiger partial charge in [-0.2, -0.15) is 0 Å². The minimum absolute atomic E-state index is 0.0791. The van der Waals surface area contributed by atoms with Crippen molar-refractivity contribution in [3.8, 4) is 23.0 Å². The smallest absolute Gasteiger partial charge is 0.463 e. The number of hydrogen-bond acceptors (Lipinski definition) is 11. The molecular weight excluding hydrogens is 548 g/mol. The Labute approximate surface area is 241 Å². The van der Waals surface area contributed by atoms with E-state index >= 15 is 0 Å². The molecule has 0 aliphatic rings. The zero-order chi connectivity index (χ0) is 30.5. The number of ether oxygens (including phenoxy) is 6. The van der Waals surface area contributed by atoms with E-state index in [1.165, 1.54) is 67.6 Å². The van der Waals surface area contributed by atoms with Crippen LogP contribution in [-0.4, -0.2) is 43.2 Å². The second-order valence-corrected chi connectivity index (χ2v) is 8.63. The molecule has 0 spiro atoms. The first kappa shape index (κ1) is 31.1. The molecule has 3 aromatic carbocycles. The van der Waals surface area contributed by atoms with Gasteiger partial charge in [0.15, 0.2) is 0 Å². The molecule has 0 fully saturated rings. The van der Waals surface area contributed by atoms with Crippen molar-refractivity contribution >= 4 is 30.0 Å². The highest BCUT2D eigenvalue weighted by Gasteiger charge is 2.14. The molecule has 0 aromatic heterocycles. The maximum Gasteiger partial charge on any atom is 0.513 e. The van der Waals surface area contributed by atoms with E-state index in [4.69, 9.17) is 28.4 Å². The molecule has 0 amide bonds. The van der Waals surface area contributed by atoms with Crippen molar-refractivity contribution in [3.63, 3.8) is 0 Å². The van der Waals surface area contributed by atoms with Gasteiger partial charge in [-0.3, -0.25) is 4.79 Å². The normalized spacial score (nSPS) is 10.1. The predicted octanol–water partition coefficient (Wildman–Crippen LogP) is 5.38. The molecule has 218 valence electrons. The van der Waals surface area contributed by atoms with Crippen LogP contribution in [0.3, 0.4) is 0 Å². The van der Waals surface area contributed by atoms with E-state index in [9.17, 15) is 24.0 Å². The quantitative estimate of drug-likeness (QED) is 0.0901. The largest absolute Gasteiger partial charge is 0.513 e. The Kier molecular flexibility index (Phi) is 11.4. The van der Waals surface area contributed by atoms with E-state index < -0.39 is 30.0 Å². The standard InChI is InChI=1S/C31H28O11/c1-4-28(33)37-17-5-6-18-38-31(36)41-25-13-9-22(10-14-25)29(34)40-24-11-7-23(8-12-24)30(35)42-27-16-15-26(19-20(27)2)39-21(3)32/h4,7-16,19H,1,5-6,17-18H2,2-3H3. The molecule has 0 saturated heterocycles. The number of aryl methyl sites for hydroxylation is 1. The molecule has 3 aromatic rings. The predicted molar refractivity (Wildman–Crippen MR) is 148 cm³/mol. The fourth-order valence-electron chi connectivity index (χ4n) is 3.33. The van der Waals surface area contributed by atoms with E-state index in [1.54, 1.807) is 13.0 Å². The molecular formula is C31H28O11. The van der Waals surface area contributed by atoms with Crippen LogP contribution in [0.1, 0.15) is 46.0 Å². The van der Waals surface area contributed by atoms with Gasteiger partial charge in [0.05, 0.1) is 24.3 Å². The van der Waals surface area contributed by atoms with Crippen molar-refractivity contribution in [2.45, 2.75) is 26.7 Å². The summed E-state index contributed by atoms with van der Waals surface area (Å²) >= 11 is 0. The summed E-state index contributed by atoms with van der Waals surface area (Å²) in [5.41, 5.74) is 1.02. The van der Waals surface area contributed by atoms with Gasteiger partial charge in [0, 0.05) is 13.0 Å². The van der Waals surface area contributed by atoms with Crippen LogP contribution in [0.5, 0.6) is 23.0 Å². The minimum atomic E-state index is -0.916. The van der Waals surface area contributed by atoms with Crippen LogP contribution in [0.2, 0.25) is 0 Å². The number of hydrogen-bond donors (Lipinski definition) is 0. The molecule has 0 atom stereocenters. The average molecular weight is 577 g/mol. The Morgan fingerprint density at radius 1 is 0.667 bits per heavy atom. The molecule has 3 rings (SSSR count). The Bertz CT molecular complexity index is 1440. The number of unbranched alkanes of at least 4 members (excludes halogenated alkanes) is 1. The van der Waals surface area contributed by atoms with E-state index in [2.05, 4.69) is 6.58 Å². The first-order valence-electron chi connectivity index (χ1n) is 12.7. The molecule has 0 saturated carbocycles. The summed E-state index contributed by atoms with van der Waals surface area (Å²) in [5, 5.41) is 0. The number of carbonyl (C=O) groups excluding carboxylic acids is 5. The van der Waals surface area contributed by atoms with Crippen molar-refractivity contribution in [3.05, 3.63) is 96.1 Å². The van der Waals surface area contributed by atoms with Crippen LogP contribution in [0.25, 0.3) is 0 Å². The Morgan fingerprint density at radius 3 is 1.74 bits per heavy atom. The maximum atomic E-state index is 12.5. The van der Waals surface area contributed by atoms with Crippen LogP contribution >= 0.6 is 0 Å². The fraction of sp³-hybridized carbons (Fsp3) is 0.194. The summed E-state index contributed by atoms with van der Waals surface area (Å²) in [4.78, 5) is 58.9. The van der Waals surface area contributed by atoms with Crippen LogP contribution in [0.15, 0.2) is 79.4 Å². The number of benzene rings is 3. The summed E-state index contributed by atoms with van der Waals surface area (Å²) in [6.45, 7) is 6.55. The molecule has 11 heteroatoms. The summed E-state index contributed by atoms with van der Waals surface area (Å²) in [7, 11) is 0. The Morgan fingerprint density at radius 2 is 1.19 bits per heavy atom. The summed E-state index contributed by atoms with van der Waals surface area (Å²) in [6.07, 6.45) is 1.13. The lowest BCUT2D eigenvalue weighted by Crippen LogP contribution is -2.13. The molecule has 0 N–H and O–H groups in total. The van der Waals surface area contributed by atoms with E-state index in [0.29, 0.717) is 29.9 Å².